The number of alkyl halides is 2. The van der Waals surface area contributed by atoms with Crippen LogP contribution in [0.4, 0.5) is 0 Å². The predicted molar refractivity (Wildman–Crippen MR) is 119 cm³/mol. The van der Waals surface area contributed by atoms with Gasteiger partial charge in [-0.25, -0.2) is 0 Å². The zero-order valence-electron chi connectivity index (χ0n) is 16.8. The number of rotatable bonds is 11. The second kappa shape index (κ2) is 11.6. The maximum absolute atomic E-state index is 6.12. The Bertz CT molecular complexity index is 697. The molecule has 1 nitrogen and oxygen atoms in total. The van der Waals surface area contributed by atoms with E-state index in [1.807, 2.05) is 18.2 Å². The molecule has 0 saturated carbocycles. The van der Waals surface area contributed by atoms with E-state index >= 15 is 0 Å². The summed E-state index contributed by atoms with van der Waals surface area (Å²) in [5.74, 6) is 3.34. The third-order valence-electron chi connectivity index (χ3n) is 4.95. The summed E-state index contributed by atoms with van der Waals surface area (Å²) >= 11 is 12.2. The van der Waals surface area contributed by atoms with Crippen molar-refractivity contribution in [3.8, 4) is 16.9 Å². The van der Waals surface area contributed by atoms with Crippen molar-refractivity contribution in [2.75, 3.05) is 6.61 Å². The molecule has 3 heteroatoms. The van der Waals surface area contributed by atoms with E-state index in [1.165, 1.54) is 19.3 Å². The van der Waals surface area contributed by atoms with Crippen molar-refractivity contribution < 1.29 is 4.74 Å². The highest BCUT2D eigenvalue weighted by Crippen LogP contribution is 2.30. The average Bonchev–Trinajstić information content (AvgIpc) is 2.67. The van der Waals surface area contributed by atoms with Crippen molar-refractivity contribution in [1.82, 2.24) is 0 Å². The molecule has 0 bridgehead atoms. The van der Waals surface area contributed by atoms with E-state index < -0.39 is 0 Å². The zero-order valence-corrected chi connectivity index (χ0v) is 18.3. The normalized spacial score (nSPS) is 12.4. The quantitative estimate of drug-likeness (QED) is 0.342. The molecule has 0 fully saturated rings. The smallest absolute Gasteiger partial charge is 0.120 e. The van der Waals surface area contributed by atoms with Crippen LogP contribution >= 0.6 is 23.2 Å². The van der Waals surface area contributed by atoms with E-state index in [2.05, 4.69) is 45.0 Å². The van der Waals surface area contributed by atoms with Crippen molar-refractivity contribution in [1.29, 1.82) is 0 Å². The van der Waals surface area contributed by atoms with E-state index in [4.69, 9.17) is 27.9 Å². The Morgan fingerprint density at radius 1 is 0.889 bits per heavy atom. The average molecular weight is 407 g/mol. The van der Waals surface area contributed by atoms with Crippen LogP contribution in [-0.4, -0.2) is 6.61 Å². The summed E-state index contributed by atoms with van der Waals surface area (Å²) in [4.78, 5) is 0. The number of hydrogen-bond acceptors (Lipinski definition) is 1. The molecule has 1 atom stereocenters. The minimum absolute atomic E-state index is 0.471. The summed E-state index contributed by atoms with van der Waals surface area (Å²) in [5, 5.41) is 0. The number of ether oxygens (including phenoxy) is 1. The lowest BCUT2D eigenvalue weighted by Gasteiger charge is -2.15. The van der Waals surface area contributed by atoms with Gasteiger partial charge in [0.05, 0.1) is 6.61 Å². The van der Waals surface area contributed by atoms with Crippen LogP contribution < -0.4 is 4.74 Å². The van der Waals surface area contributed by atoms with E-state index in [0.29, 0.717) is 17.7 Å². The maximum atomic E-state index is 6.12. The molecule has 0 saturated heterocycles. The molecule has 27 heavy (non-hydrogen) atoms. The second-order valence-electron chi connectivity index (χ2n) is 7.86. The van der Waals surface area contributed by atoms with Crippen molar-refractivity contribution in [3.05, 3.63) is 53.6 Å². The molecule has 2 rings (SSSR count). The minimum atomic E-state index is 0.471. The fourth-order valence-electron chi connectivity index (χ4n) is 3.29. The van der Waals surface area contributed by atoms with Crippen molar-refractivity contribution >= 4 is 23.2 Å². The molecule has 0 heterocycles. The van der Waals surface area contributed by atoms with Gasteiger partial charge in [0.1, 0.15) is 5.75 Å². The highest BCUT2D eigenvalue weighted by atomic mass is 35.5. The molecule has 2 aromatic carbocycles. The van der Waals surface area contributed by atoms with Crippen LogP contribution in [0.1, 0.15) is 57.6 Å². The Balaban J connectivity index is 2.01. The highest BCUT2D eigenvalue weighted by Gasteiger charge is 2.09. The fourth-order valence-corrected chi connectivity index (χ4v) is 3.68. The fraction of sp³-hybridized carbons (Fsp3) is 0.500. The summed E-state index contributed by atoms with van der Waals surface area (Å²) in [5.41, 5.74) is 4.45. The van der Waals surface area contributed by atoms with Gasteiger partial charge in [0.25, 0.3) is 0 Å². The first-order valence-electron chi connectivity index (χ1n) is 10.0. The lowest BCUT2D eigenvalue weighted by atomic mass is 9.97. The van der Waals surface area contributed by atoms with Crippen LogP contribution in [0.5, 0.6) is 5.75 Å². The lowest BCUT2D eigenvalue weighted by Crippen LogP contribution is -2.05. The first-order chi connectivity index (χ1) is 13.0. The first-order valence-corrected chi connectivity index (χ1v) is 11.1. The van der Waals surface area contributed by atoms with Gasteiger partial charge in [0, 0.05) is 11.8 Å². The van der Waals surface area contributed by atoms with Crippen LogP contribution in [0, 0.1) is 11.8 Å². The Kier molecular flexibility index (Phi) is 9.51. The Morgan fingerprint density at radius 2 is 1.67 bits per heavy atom. The molecule has 0 aliphatic heterocycles. The van der Waals surface area contributed by atoms with Crippen LogP contribution in [0.25, 0.3) is 11.1 Å². The molecular weight excluding hydrogens is 375 g/mol. The van der Waals surface area contributed by atoms with Crippen molar-refractivity contribution in [2.45, 2.75) is 58.2 Å². The molecule has 0 spiro atoms. The van der Waals surface area contributed by atoms with Crippen LogP contribution in [0.15, 0.2) is 42.5 Å². The summed E-state index contributed by atoms with van der Waals surface area (Å²) < 4.78 is 6.09. The molecule has 0 aromatic heterocycles. The summed E-state index contributed by atoms with van der Waals surface area (Å²) in [6.07, 6.45) is 4.97. The van der Waals surface area contributed by atoms with Gasteiger partial charge >= 0.3 is 0 Å². The summed E-state index contributed by atoms with van der Waals surface area (Å²) in [7, 11) is 0. The van der Waals surface area contributed by atoms with Gasteiger partial charge < -0.3 is 4.74 Å². The van der Waals surface area contributed by atoms with Crippen LogP contribution in [-0.2, 0) is 11.8 Å². The van der Waals surface area contributed by atoms with Gasteiger partial charge in [-0.15, -0.1) is 23.2 Å². The lowest BCUT2D eigenvalue weighted by molar-refractivity contribution is 0.275. The maximum Gasteiger partial charge on any atom is 0.120 e. The summed E-state index contributed by atoms with van der Waals surface area (Å²) in [6.45, 7) is 7.64. The standard InChI is InChI=1S/C24H32Cl2O/c1-18(2)7-6-8-19(3)11-12-27-23-14-20(16-25)13-22(15-23)24-10-5-4-9-21(24)17-26/h4-5,9-10,13-15,18-19H,6-8,11-12,16-17H2,1-3H3. The van der Waals surface area contributed by atoms with Gasteiger partial charge in [0.15, 0.2) is 0 Å². The van der Waals surface area contributed by atoms with Crippen molar-refractivity contribution in [3.63, 3.8) is 0 Å². The molecular formula is C24H32Cl2O. The first kappa shape index (κ1) is 22.1. The third kappa shape index (κ3) is 7.39. The Labute approximate surface area is 175 Å². The SMILES string of the molecule is CC(C)CCCC(C)CCOc1cc(CCl)cc(-c2ccccc2CCl)c1. The van der Waals surface area contributed by atoms with Gasteiger partial charge in [-0.05, 0) is 58.7 Å². The van der Waals surface area contributed by atoms with Gasteiger partial charge in [-0.3, -0.25) is 0 Å². The minimum Gasteiger partial charge on any atom is -0.494 e. The number of hydrogen-bond donors (Lipinski definition) is 0. The van der Waals surface area contributed by atoms with E-state index in [1.54, 1.807) is 0 Å². The Morgan fingerprint density at radius 3 is 2.37 bits per heavy atom. The second-order valence-corrected chi connectivity index (χ2v) is 8.39. The van der Waals surface area contributed by atoms with Gasteiger partial charge in [-0.2, -0.15) is 0 Å². The molecule has 0 aliphatic rings. The zero-order chi connectivity index (χ0) is 19.6. The molecule has 0 N–H and O–H groups in total. The van der Waals surface area contributed by atoms with Gasteiger partial charge in [0.2, 0.25) is 0 Å². The van der Waals surface area contributed by atoms with Crippen molar-refractivity contribution in [2.24, 2.45) is 11.8 Å². The van der Waals surface area contributed by atoms with Gasteiger partial charge in [-0.1, -0.05) is 64.3 Å². The molecule has 0 radical (unpaired) electrons. The molecule has 1 unspecified atom stereocenters. The van der Waals surface area contributed by atoms with E-state index in [9.17, 15) is 0 Å². The highest BCUT2D eigenvalue weighted by molar-refractivity contribution is 6.17. The van der Waals surface area contributed by atoms with E-state index in [0.717, 1.165) is 46.9 Å². The predicted octanol–water partition coefficient (Wildman–Crippen LogP) is 8.06. The molecule has 0 amide bonds. The largest absolute Gasteiger partial charge is 0.494 e. The number of halogens is 2. The molecule has 148 valence electrons. The third-order valence-corrected chi connectivity index (χ3v) is 5.55. The number of benzene rings is 2. The monoisotopic (exact) mass is 406 g/mol. The molecule has 2 aromatic rings. The summed E-state index contributed by atoms with van der Waals surface area (Å²) in [6, 6.07) is 14.5. The van der Waals surface area contributed by atoms with Crippen LogP contribution in [0.3, 0.4) is 0 Å². The molecule has 0 aliphatic carbocycles. The van der Waals surface area contributed by atoms with Crippen LogP contribution in [0.2, 0.25) is 0 Å². The van der Waals surface area contributed by atoms with E-state index in [-0.39, 0.29) is 0 Å². The topological polar surface area (TPSA) is 9.23 Å². The Hall–Kier alpha value is -1.18.